The van der Waals surface area contributed by atoms with Crippen molar-refractivity contribution in [2.45, 2.75) is 57.9 Å². The van der Waals surface area contributed by atoms with Crippen LogP contribution in [0.3, 0.4) is 0 Å². The van der Waals surface area contributed by atoms with Crippen LogP contribution in [0.5, 0.6) is 0 Å². The maximum Gasteiger partial charge on any atom is 0.00795 e. The second-order valence-electron chi connectivity index (χ2n) is 7.86. The van der Waals surface area contributed by atoms with E-state index in [1.165, 1.54) is 71.1 Å². The number of likely N-dealkylation sites (tertiary alicyclic amines) is 1. The summed E-state index contributed by atoms with van der Waals surface area (Å²) in [5, 5.41) is 0. The third-order valence-corrected chi connectivity index (χ3v) is 5.80. The highest BCUT2D eigenvalue weighted by Crippen LogP contribution is 2.32. The highest BCUT2D eigenvalue weighted by atomic mass is 15.1. The lowest BCUT2D eigenvalue weighted by molar-refractivity contribution is 0.135. The van der Waals surface area contributed by atoms with Crippen molar-refractivity contribution in [1.82, 2.24) is 9.80 Å². The van der Waals surface area contributed by atoms with E-state index in [0.717, 1.165) is 17.8 Å². The van der Waals surface area contributed by atoms with Gasteiger partial charge in [-0.15, -0.1) is 0 Å². The summed E-state index contributed by atoms with van der Waals surface area (Å²) >= 11 is 0. The maximum atomic E-state index is 6.40. The van der Waals surface area contributed by atoms with Gasteiger partial charge in [0.25, 0.3) is 0 Å². The second kappa shape index (κ2) is 8.50. The minimum Gasteiger partial charge on any atom is -0.327 e. The van der Waals surface area contributed by atoms with Crippen molar-refractivity contribution in [3.05, 3.63) is 0 Å². The van der Waals surface area contributed by atoms with E-state index in [1.54, 1.807) is 0 Å². The van der Waals surface area contributed by atoms with Crippen LogP contribution in [0, 0.1) is 17.8 Å². The zero-order valence-corrected chi connectivity index (χ0v) is 14.6. The zero-order valence-electron chi connectivity index (χ0n) is 14.6. The van der Waals surface area contributed by atoms with Gasteiger partial charge in [0, 0.05) is 19.1 Å². The van der Waals surface area contributed by atoms with Crippen molar-refractivity contribution in [2.75, 3.05) is 40.3 Å². The van der Waals surface area contributed by atoms with Crippen molar-refractivity contribution < 1.29 is 0 Å². The van der Waals surface area contributed by atoms with Gasteiger partial charge in [-0.05, 0) is 77.0 Å². The minimum absolute atomic E-state index is 0.443. The third kappa shape index (κ3) is 5.54. The Morgan fingerprint density at radius 3 is 2.43 bits per heavy atom. The molecule has 0 aromatic rings. The number of nitrogens with zero attached hydrogens (tertiary/aromatic N) is 2. The fourth-order valence-corrected chi connectivity index (χ4v) is 4.43. The van der Waals surface area contributed by atoms with Crippen LogP contribution >= 0.6 is 0 Å². The molecule has 2 rings (SSSR count). The van der Waals surface area contributed by atoms with Crippen LogP contribution in [0.4, 0.5) is 0 Å². The molecule has 0 bridgehead atoms. The highest BCUT2D eigenvalue weighted by Gasteiger charge is 2.29. The summed E-state index contributed by atoms with van der Waals surface area (Å²) < 4.78 is 0. The summed E-state index contributed by atoms with van der Waals surface area (Å²) in [7, 11) is 4.56. The van der Waals surface area contributed by atoms with E-state index in [0.29, 0.717) is 6.04 Å². The van der Waals surface area contributed by atoms with E-state index in [-0.39, 0.29) is 0 Å². The zero-order chi connectivity index (χ0) is 15.2. The fourth-order valence-electron chi connectivity index (χ4n) is 4.43. The van der Waals surface area contributed by atoms with Gasteiger partial charge < -0.3 is 15.5 Å². The molecule has 1 heterocycles. The van der Waals surface area contributed by atoms with Crippen LogP contribution < -0.4 is 5.73 Å². The quantitative estimate of drug-likeness (QED) is 0.818. The Balaban J connectivity index is 1.73. The molecule has 3 heteroatoms. The maximum absolute atomic E-state index is 6.40. The van der Waals surface area contributed by atoms with Crippen LogP contribution in [0.1, 0.15) is 51.9 Å². The van der Waals surface area contributed by atoms with E-state index in [2.05, 4.69) is 30.8 Å². The number of hydrogen-bond acceptors (Lipinski definition) is 3. The van der Waals surface area contributed by atoms with Crippen molar-refractivity contribution in [3.63, 3.8) is 0 Å². The average molecular weight is 296 g/mol. The Bertz CT molecular complexity index is 286. The number of hydrogen-bond donors (Lipinski definition) is 1. The van der Waals surface area contributed by atoms with Gasteiger partial charge in [0.2, 0.25) is 0 Å². The molecule has 0 radical (unpaired) electrons. The summed E-state index contributed by atoms with van der Waals surface area (Å²) in [6.45, 7) is 7.36. The summed E-state index contributed by atoms with van der Waals surface area (Å²) in [4.78, 5) is 5.04. The van der Waals surface area contributed by atoms with Gasteiger partial charge >= 0.3 is 0 Å². The predicted molar refractivity (Wildman–Crippen MR) is 91.4 cm³/mol. The lowest BCUT2D eigenvalue weighted by atomic mass is 9.76. The molecular weight excluding hydrogens is 258 g/mol. The Kier molecular flexibility index (Phi) is 6.97. The van der Waals surface area contributed by atoms with E-state index >= 15 is 0 Å². The number of piperidine rings is 1. The first-order valence-corrected chi connectivity index (χ1v) is 9.21. The van der Waals surface area contributed by atoms with E-state index in [9.17, 15) is 0 Å². The van der Waals surface area contributed by atoms with Gasteiger partial charge in [-0.1, -0.05) is 19.8 Å². The minimum atomic E-state index is 0.443. The molecule has 1 saturated carbocycles. The first-order chi connectivity index (χ1) is 10.1. The lowest BCUT2D eigenvalue weighted by Crippen LogP contribution is -2.44. The molecule has 2 aliphatic rings. The molecule has 1 aliphatic carbocycles. The smallest absolute Gasteiger partial charge is 0.00795 e. The van der Waals surface area contributed by atoms with Gasteiger partial charge in [0.15, 0.2) is 0 Å². The second-order valence-corrected chi connectivity index (χ2v) is 7.86. The monoisotopic (exact) mass is 295 g/mol. The third-order valence-electron chi connectivity index (χ3n) is 5.80. The molecule has 1 saturated heterocycles. The van der Waals surface area contributed by atoms with E-state index in [4.69, 9.17) is 5.73 Å². The standard InChI is InChI=1S/C18H37N3/c1-4-5-15-6-7-18(19)17(12-15)14-21(3)13-16-8-10-20(2)11-9-16/h15-18H,4-14,19H2,1-3H3. The highest BCUT2D eigenvalue weighted by molar-refractivity contribution is 4.84. The largest absolute Gasteiger partial charge is 0.327 e. The predicted octanol–water partition coefficient (Wildman–Crippen LogP) is 2.80. The Hall–Kier alpha value is -0.120. The van der Waals surface area contributed by atoms with Crippen molar-refractivity contribution >= 4 is 0 Å². The normalized spacial score (nSPS) is 32.7. The molecule has 0 aromatic heterocycles. The number of rotatable bonds is 6. The van der Waals surface area contributed by atoms with Gasteiger partial charge in [-0.2, -0.15) is 0 Å². The van der Waals surface area contributed by atoms with Gasteiger partial charge in [0.1, 0.15) is 0 Å². The molecule has 21 heavy (non-hydrogen) atoms. The Labute approximate surface area is 132 Å². The van der Waals surface area contributed by atoms with Gasteiger partial charge in [0.05, 0.1) is 0 Å². The summed E-state index contributed by atoms with van der Waals surface area (Å²) in [5.41, 5.74) is 6.40. The van der Waals surface area contributed by atoms with Crippen LogP contribution in [0.2, 0.25) is 0 Å². The Morgan fingerprint density at radius 2 is 1.76 bits per heavy atom. The molecular formula is C18H37N3. The topological polar surface area (TPSA) is 32.5 Å². The molecule has 0 spiro atoms. The van der Waals surface area contributed by atoms with Crippen molar-refractivity contribution in [2.24, 2.45) is 23.5 Å². The molecule has 2 N–H and O–H groups in total. The SMILES string of the molecule is CCCC1CCC(N)C(CN(C)CC2CCN(C)CC2)C1. The van der Waals surface area contributed by atoms with Crippen molar-refractivity contribution in [1.29, 1.82) is 0 Å². The molecule has 3 atom stereocenters. The number of nitrogens with two attached hydrogens (primary N) is 1. The van der Waals surface area contributed by atoms with Gasteiger partial charge in [-0.3, -0.25) is 0 Å². The summed E-state index contributed by atoms with van der Waals surface area (Å²) in [6, 6.07) is 0.443. The van der Waals surface area contributed by atoms with Crippen LogP contribution in [0.25, 0.3) is 0 Å². The first kappa shape index (κ1) is 17.2. The van der Waals surface area contributed by atoms with E-state index < -0.39 is 0 Å². The van der Waals surface area contributed by atoms with Crippen LogP contribution in [-0.4, -0.2) is 56.1 Å². The lowest BCUT2D eigenvalue weighted by Gasteiger charge is -2.38. The average Bonchev–Trinajstić information content (AvgIpc) is 2.45. The van der Waals surface area contributed by atoms with Crippen LogP contribution in [0.15, 0.2) is 0 Å². The molecule has 1 aliphatic heterocycles. The van der Waals surface area contributed by atoms with Crippen molar-refractivity contribution in [3.8, 4) is 0 Å². The molecule has 124 valence electrons. The van der Waals surface area contributed by atoms with Gasteiger partial charge in [-0.25, -0.2) is 0 Å². The summed E-state index contributed by atoms with van der Waals surface area (Å²) in [6.07, 6.45) is 9.46. The summed E-state index contributed by atoms with van der Waals surface area (Å²) in [5.74, 6) is 2.57. The molecule has 0 aromatic carbocycles. The first-order valence-electron chi connectivity index (χ1n) is 9.21. The fraction of sp³-hybridized carbons (Fsp3) is 1.00. The molecule has 3 nitrogen and oxygen atoms in total. The molecule has 3 unspecified atom stereocenters. The molecule has 0 amide bonds. The van der Waals surface area contributed by atoms with E-state index in [1.807, 2.05) is 0 Å². The Morgan fingerprint density at radius 1 is 1.05 bits per heavy atom. The molecule has 2 fully saturated rings. The van der Waals surface area contributed by atoms with Crippen LogP contribution in [-0.2, 0) is 0 Å².